The summed E-state index contributed by atoms with van der Waals surface area (Å²) in [6, 6.07) is 8.81. The molecule has 2 aromatic heterocycles. The lowest BCUT2D eigenvalue weighted by Crippen LogP contribution is -1.85. The fourth-order valence-electron chi connectivity index (χ4n) is 2.14. The van der Waals surface area contributed by atoms with Gasteiger partial charge in [-0.2, -0.15) is 0 Å². The average Bonchev–Trinajstić information content (AvgIpc) is 2.78. The van der Waals surface area contributed by atoms with Gasteiger partial charge >= 0.3 is 0 Å². The van der Waals surface area contributed by atoms with Crippen molar-refractivity contribution < 1.29 is 0 Å². The van der Waals surface area contributed by atoms with Gasteiger partial charge in [-0.3, -0.25) is 4.40 Å². The van der Waals surface area contributed by atoms with Crippen molar-refractivity contribution in [1.29, 1.82) is 0 Å². The molecule has 20 heavy (non-hydrogen) atoms. The van der Waals surface area contributed by atoms with Crippen molar-refractivity contribution in [3.63, 3.8) is 0 Å². The third-order valence-corrected chi connectivity index (χ3v) is 3.64. The molecular formula is C14H9Cl2N3O. The van der Waals surface area contributed by atoms with Gasteiger partial charge in [-0.05, 0) is 41.9 Å². The first kappa shape index (κ1) is 13.1. The van der Waals surface area contributed by atoms with Crippen LogP contribution in [0.3, 0.4) is 0 Å². The van der Waals surface area contributed by atoms with E-state index in [0.29, 0.717) is 26.9 Å². The van der Waals surface area contributed by atoms with Crippen LogP contribution in [-0.2, 0) is 0 Å². The van der Waals surface area contributed by atoms with Crippen molar-refractivity contribution in [2.75, 3.05) is 0 Å². The number of imidazole rings is 1. The molecule has 100 valence electrons. The summed E-state index contributed by atoms with van der Waals surface area (Å²) in [7, 11) is 0. The van der Waals surface area contributed by atoms with Gasteiger partial charge in [0, 0.05) is 16.8 Å². The SMILES string of the molecule is Cc1cccn2c(N=O)c(-c3ccc(Cl)cc3Cl)nc12. The van der Waals surface area contributed by atoms with Crippen molar-refractivity contribution in [2.45, 2.75) is 6.92 Å². The Kier molecular flexibility index (Phi) is 3.20. The lowest BCUT2D eigenvalue weighted by molar-refractivity contribution is 1.14. The standard InChI is InChI=1S/C14H9Cl2N3O/c1-8-3-2-6-19-13(8)17-12(14(19)18-20)10-5-4-9(15)7-11(10)16/h2-7H,1H3. The van der Waals surface area contributed by atoms with Gasteiger partial charge in [-0.15, -0.1) is 4.91 Å². The molecular weight excluding hydrogens is 297 g/mol. The molecule has 0 aliphatic heterocycles. The van der Waals surface area contributed by atoms with Crippen molar-refractivity contribution in [1.82, 2.24) is 9.38 Å². The maximum atomic E-state index is 11.2. The number of aromatic nitrogens is 2. The topological polar surface area (TPSA) is 46.7 Å². The molecule has 0 spiro atoms. The van der Waals surface area contributed by atoms with Crippen LogP contribution in [-0.4, -0.2) is 9.38 Å². The van der Waals surface area contributed by atoms with Gasteiger partial charge in [0.15, 0.2) is 0 Å². The van der Waals surface area contributed by atoms with Crippen LogP contribution >= 0.6 is 23.2 Å². The minimum absolute atomic E-state index is 0.230. The Labute approximate surface area is 124 Å². The molecule has 3 rings (SSSR count). The first-order valence-corrected chi connectivity index (χ1v) is 6.64. The van der Waals surface area contributed by atoms with E-state index in [1.807, 2.05) is 19.1 Å². The van der Waals surface area contributed by atoms with Crippen LogP contribution in [0, 0.1) is 11.8 Å². The maximum absolute atomic E-state index is 11.2. The number of benzene rings is 1. The first-order valence-electron chi connectivity index (χ1n) is 5.88. The highest BCUT2D eigenvalue weighted by Gasteiger charge is 2.18. The van der Waals surface area contributed by atoms with Crippen molar-refractivity contribution in [3.8, 4) is 11.3 Å². The third kappa shape index (κ3) is 1.97. The van der Waals surface area contributed by atoms with Crippen LogP contribution < -0.4 is 0 Å². The zero-order valence-electron chi connectivity index (χ0n) is 10.5. The fourth-order valence-corrected chi connectivity index (χ4v) is 2.64. The molecule has 0 bridgehead atoms. The molecule has 2 heterocycles. The zero-order valence-corrected chi connectivity index (χ0v) is 12.0. The number of aryl methyl sites for hydroxylation is 1. The van der Waals surface area contributed by atoms with E-state index in [0.717, 1.165) is 5.56 Å². The van der Waals surface area contributed by atoms with Gasteiger partial charge in [0.2, 0.25) is 5.82 Å². The second-order valence-corrected chi connectivity index (χ2v) is 5.23. The second-order valence-electron chi connectivity index (χ2n) is 4.38. The molecule has 3 aromatic rings. The summed E-state index contributed by atoms with van der Waals surface area (Å²) >= 11 is 12.1. The van der Waals surface area contributed by atoms with Crippen LogP contribution in [0.15, 0.2) is 41.7 Å². The van der Waals surface area contributed by atoms with Crippen LogP contribution in [0.5, 0.6) is 0 Å². The summed E-state index contributed by atoms with van der Waals surface area (Å²) < 4.78 is 1.66. The van der Waals surface area contributed by atoms with Gasteiger partial charge in [-0.1, -0.05) is 29.3 Å². The molecule has 0 saturated heterocycles. The number of pyridine rings is 1. The number of hydrogen-bond acceptors (Lipinski definition) is 3. The second kappa shape index (κ2) is 4.89. The monoisotopic (exact) mass is 305 g/mol. The number of fused-ring (bicyclic) bond motifs is 1. The quantitative estimate of drug-likeness (QED) is 0.624. The zero-order chi connectivity index (χ0) is 14.3. The van der Waals surface area contributed by atoms with E-state index in [9.17, 15) is 4.91 Å². The number of nitrogens with zero attached hydrogens (tertiary/aromatic N) is 3. The van der Waals surface area contributed by atoms with Crippen molar-refractivity contribution >= 4 is 34.7 Å². The number of halogens is 2. The van der Waals surface area contributed by atoms with Crippen LogP contribution in [0.2, 0.25) is 10.0 Å². The molecule has 0 atom stereocenters. The summed E-state index contributed by atoms with van der Waals surface area (Å²) in [5.41, 5.74) is 2.72. The predicted molar refractivity (Wildman–Crippen MR) is 80.8 cm³/mol. The minimum Gasteiger partial charge on any atom is -0.281 e. The van der Waals surface area contributed by atoms with E-state index in [1.54, 1.807) is 28.8 Å². The Hall–Kier alpha value is -1.91. The highest BCUT2D eigenvalue weighted by atomic mass is 35.5. The summed E-state index contributed by atoms with van der Waals surface area (Å²) in [4.78, 5) is 15.7. The maximum Gasteiger partial charge on any atom is 0.209 e. The number of hydrogen-bond donors (Lipinski definition) is 0. The highest BCUT2D eigenvalue weighted by molar-refractivity contribution is 6.36. The summed E-state index contributed by atoms with van der Waals surface area (Å²) in [5.74, 6) is 0.230. The Morgan fingerprint density at radius 1 is 1.25 bits per heavy atom. The van der Waals surface area contributed by atoms with Gasteiger partial charge in [0.05, 0.1) is 5.02 Å². The summed E-state index contributed by atoms with van der Waals surface area (Å²) in [6.07, 6.45) is 1.75. The minimum atomic E-state index is 0.230. The molecule has 0 saturated carbocycles. The smallest absolute Gasteiger partial charge is 0.209 e. The lowest BCUT2D eigenvalue weighted by Gasteiger charge is -2.01. The molecule has 0 unspecified atom stereocenters. The van der Waals surface area contributed by atoms with E-state index in [-0.39, 0.29) is 5.82 Å². The molecule has 0 fully saturated rings. The van der Waals surface area contributed by atoms with E-state index >= 15 is 0 Å². The molecule has 0 aliphatic rings. The Bertz CT molecular complexity index is 827. The van der Waals surface area contributed by atoms with Gasteiger partial charge < -0.3 is 0 Å². The Morgan fingerprint density at radius 2 is 2.05 bits per heavy atom. The largest absolute Gasteiger partial charge is 0.281 e. The summed E-state index contributed by atoms with van der Waals surface area (Å²) in [5, 5.41) is 4.06. The molecule has 0 N–H and O–H groups in total. The number of nitroso groups, excluding NO2 is 1. The van der Waals surface area contributed by atoms with Crippen LogP contribution in [0.1, 0.15) is 5.56 Å². The Balaban J connectivity index is 2.36. The van der Waals surface area contributed by atoms with E-state index in [2.05, 4.69) is 10.2 Å². The van der Waals surface area contributed by atoms with Crippen molar-refractivity contribution in [3.05, 3.63) is 57.0 Å². The normalized spacial score (nSPS) is 10.9. The van der Waals surface area contributed by atoms with E-state index in [1.165, 1.54) is 0 Å². The molecule has 1 aromatic carbocycles. The summed E-state index contributed by atoms with van der Waals surface area (Å²) in [6.45, 7) is 1.92. The van der Waals surface area contributed by atoms with Gasteiger partial charge in [0.25, 0.3) is 0 Å². The Morgan fingerprint density at radius 3 is 2.75 bits per heavy atom. The molecule has 0 amide bonds. The predicted octanol–water partition coefficient (Wildman–Crippen LogP) is 5.01. The fraction of sp³-hybridized carbons (Fsp3) is 0.0714. The third-order valence-electron chi connectivity index (χ3n) is 3.09. The van der Waals surface area contributed by atoms with Gasteiger partial charge in [0.1, 0.15) is 11.3 Å². The number of rotatable bonds is 2. The molecule has 4 nitrogen and oxygen atoms in total. The average molecular weight is 306 g/mol. The lowest BCUT2D eigenvalue weighted by atomic mass is 10.1. The van der Waals surface area contributed by atoms with Gasteiger partial charge in [-0.25, -0.2) is 4.98 Å². The van der Waals surface area contributed by atoms with E-state index in [4.69, 9.17) is 23.2 Å². The van der Waals surface area contributed by atoms with Crippen LogP contribution in [0.4, 0.5) is 5.82 Å². The van der Waals surface area contributed by atoms with Crippen LogP contribution in [0.25, 0.3) is 16.9 Å². The highest BCUT2D eigenvalue weighted by Crippen LogP contribution is 2.36. The molecule has 0 radical (unpaired) electrons. The first-order chi connectivity index (χ1) is 9.61. The van der Waals surface area contributed by atoms with E-state index < -0.39 is 0 Å². The molecule has 0 aliphatic carbocycles. The van der Waals surface area contributed by atoms with Crippen molar-refractivity contribution in [2.24, 2.45) is 5.18 Å². The molecule has 6 heteroatoms.